The van der Waals surface area contributed by atoms with Gasteiger partial charge in [0.2, 0.25) is 5.91 Å². The van der Waals surface area contributed by atoms with Crippen LogP contribution in [0.5, 0.6) is 5.75 Å². The second-order valence-corrected chi connectivity index (χ2v) is 8.01. The maximum Gasteiger partial charge on any atom is 0.248 e. The molecule has 3 aromatic carbocycles. The van der Waals surface area contributed by atoms with Gasteiger partial charge in [0, 0.05) is 35.4 Å². The number of carbonyl (C=O) groups excluding carboxylic acids is 1. The molecule has 0 aliphatic heterocycles. The first kappa shape index (κ1) is 23.3. The average molecular weight is 439 g/mol. The molecule has 0 unspecified atom stereocenters. The van der Waals surface area contributed by atoms with E-state index in [1.165, 1.54) is 46.4 Å². The number of aromatic nitrogens is 1. The van der Waals surface area contributed by atoms with Crippen molar-refractivity contribution < 1.29 is 9.90 Å². The lowest BCUT2D eigenvalue weighted by molar-refractivity contribution is 0.1000. The Morgan fingerprint density at radius 2 is 1.85 bits per heavy atom. The molecule has 0 aliphatic rings. The topological polar surface area (TPSA) is 116 Å². The van der Waals surface area contributed by atoms with Gasteiger partial charge in [0.05, 0.1) is 5.56 Å². The summed E-state index contributed by atoms with van der Waals surface area (Å²) < 4.78 is 2.26. The van der Waals surface area contributed by atoms with Crippen molar-refractivity contribution in [3.63, 3.8) is 0 Å². The van der Waals surface area contributed by atoms with Gasteiger partial charge >= 0.3 is 0 Å². The van der Waals surface area contributed by atoms with Crippen LogP contribution in [-0.2, 0) is 6.54 Å². The normalized spacial score (nSPS) is 10.4. The number of phenolic OH excluding ortho intramolecular Hbond substituents is 1. The lowest BCUT2D eigenvalue weighted by atomic mass is 10.0. The summed E-state index contributed by atoms with van der Waals surface area (Å²) in [6, 6.07) is 22.7. The van der Waals surface area contributed by atoms with Gasteiger partial charge in [-0.05, 0) is 59.0 Å². The third kappa shape index (κ3) is 5.66. The van der Waals surface area contributed by atoms with E-state index >= 15 is 0 Å². The zero-order valence-electron chi connectivity index (χ0n) is 18.6. The van der Waals surface area contributed by atoms with Gasteiger partial charge in [0.25, 0.3) is 0 Å². The molecule has 4 N–H and O–H groups in total. The summed E-state index contributed by atoms with van der Waals surface area (Å²) >= 11 is 0. The van der Waals surface area contributed by atoms with E-state index in [4.69, 9.17) is 21.5 Å². The van der Waals surface area contributed by atoms with Crippen LogP contribution >= 0.6 is 0 Å². The maximum absolute atomic E-state index is 10.6. The number of hydrogen-bond acceptors (Lipinski definition) is 4. The van der Waals surface area contributed by atoms with Crippen LogP contribution in [0, 0.1) is 16.7 Å². The number of phenols is 1. The molecule has 0 bridgehead atoms. The fraction of sp³-hybridized carbons (Fsp3) is 0.148. The Morgan fingerprint density at radius 1 is 1.12 bits per heavy atom. The Balaban J connectivity index is 0.000000218. The number of aromatic hydroxyl groups is 1. The molecule has 0 aliphatic carbocycles. The highest BCUT2D eigenvalue weighted by molar-refractivity contribution is 5.93. The molecule has 4 rings (SSSR count). The molecule has 0 saturated heterocycles. The maximum atomic E-state index is 10.6. The second-order valence-electron chi connectivity index (χ2n) is 8.01. The van der Waals surface area contributed by atoms with Gasteiger partial charge in [0.15, 0.2) is 0 Å². The first-order valence-electron chi connectivity index (χ1n) is 10.5. The fourth-order valence-electron chi connectivity index (χ4n) is 3.43. The highest BCUT2D eigenvalue weighted by Gasteiger charge is 2.05. The van der Waals surface area contributed by atoms with Crippen LogP contribution in [0.1, 0.15) is 52.4 Å². The molecule has 0 radical (unpaired) electrons. The molecule has 4 aromatic rings. The molecule has 0 saturated carbocycles. The molecule has 6 heteroatoms. The molecule has 6 nitrogen and oxygen atoms in total. The van der Waals surface area contributed by atoms with Crippen LogP contribution in [0.15, 0.2) is 72.9 Å². The van der Waals surface area contributed by atoms with E-state index in [0.717, 1.165) is 12.1 Å². The number of nitriles is 1. The number of fused-ring (bicyclic) bond motifs is 1. The van der Waals surface area contributed by atoms with Crippen molar-refractivity contribution in [1.82, 2.24) is 4.57 Å². The molecule has 0 fully saturated rings. The number of rotatable bonds is 5. The molecular formula is C27H26N4O2. The minimum atomic E-state index is -0.619. The molecule has 33 heavy (non-hydrogen) atoms. The van der Waals surface area contributed by atoms with E-state index in [-0.39, 0.29) is 16.9 Å². The van der Waals surface area contributed by atoms with Gasteiger partial charge in [-0.15, -0.1) is 0 Å². The quantitative estimate of drug-likeness (QED) is 0.373. The van der Waals surface area contributed by atoms with Crippen molar-refractivity contribution in [3.05, 3.63) is 101 Å². The first-order valence-corrected chi connectivity index (χ1v) is 10.5. The summed E-state index contributed by atoms with van der Waals surface area (Å²) in [4.78, 5) is 10.6. The van der Waals surface area contributed by atoms with Crippen molar-refractivity contribution in [1.29, 1.82) is 10.7 Å². The molecule has 1 aromatic heterocycles. The number of nitrogens with two attached hydrogens (primary N) is 1. The molecule has 0 atom stereocenters. The zero-order valence-corrected chi connectivity index (χ0v) is 18.6. The predicted molar refractivity (Wildman–Crippen MR) is 131 cm³/mol. The smallest absolute Gasteiger partial charge is 0.248 e. The minimum Gasteiger partial charge on any atom is -0.507 e. The standard InChI is InChI=1S/C19H20N2.C8H6N2O2/c1-14(2)17-6-3-15(4-7-17)13-21-10-9-18-11-16(12-20)5-8-19(18)21;9-4-6-3-5(8(10)12)1-2-7(6)11/h3-12,14,20H,13H2,1-2H3;1-3,11H,(H2,10,12). The lowest BCUT2D eigenvalue weighted by Crippen LogP contribution is -2.10. The summed E-state index contributed by atoms with van der Waals surface area (Å²) in [6.07, 6.45) is 3.51. The van der Waals surface area contributed by atoms with Crippen LogP contribution in [0.2, 0.25) is 0 Å². The predicted octanol–water partition coefficient (Wildman–Crippen LogP) is 5.17. The Morgan fingerprint density at radius 3 is 2.45 bits per heavy atom. The second kappa shape index (κ2) is 10.3. The Hall–Kier alpha value is -4.37. The molecule has 0 spiro atoms. The van der Waals surface area contributed by atoms with Gasteiger partial charge in [-0.3, -0.25) is 4.79 Å². The zero-order chi connectivity index (χ0) is 24.0. The highest BCUT2D eigenvalue weighted by Crippen LogP contribution is 2.20. The molecule has 1 amide bonds. The van der Waals surface area contributed by atoms with Gasteiger partial charge in [0.1, 0.15) is 11.8 Å². The summed E-state index contributed by atoms with van der Waals surface area (Å²) in [7, 11) is 0. The average Bonchev–Trinajstić information content (AvgIpc) is 3.21. The van der Waals surface area contributed by atoms with Gasteiger partial charge in [-0.1, -0.05) is 44.2 Å². The third-order valence-electron chi connectivity index (χ3n) is 5.36. The molecule has 1 heterocycles. The van der Waals surface area contributed by atoms with Crippen molar-refractivity contribution >= 4 is 23.0 Å². The minimum absolute atomic E-state index is 0.0475. The van der Waals surface area contributed by atoms with Crippen molar-refractivity contribution in [2.24, 2.45) is 5.73 Å². The van der Waals surface area contributed by atoms with E-state index < -0.39 is 5.91 Å². The van der Waals surface area contributed by atoms with E-state index in [9.17, 15) is 4.79 Å². The van der Waals surface area contributed by atoms with Crippen molar-refractivity contribution in [2.45, 2.75) is 26.3 Å². The largest absolute Gasteiger partial charge is 0.507 e. The van der Waals surface area contributed by atoms with E-state index in [2.05, 4.69) is 67.1 Å². The highest BCUT2D eigenvalue weighted by atomic mass is 16.3. The Labute approximate surface area is 193 Å². The third-order valence-corrected chi connectivity index (χ3v) is 5.36. The number of amides is 1. The van der Waals surface area contributed by atoms with Crippen LogP contribution in [0.3, 0.4) is 0 Å². The van der Waals surface area contributed by atoms with Gasteiger partial charge in [-0.25, -0.2) is 0 Å². The Kier molecular flexibility index (Phi) is 7.27. The SMILES string of the molecule is CC(C)c1ccc(Cn2ccc3cc(C=N)ccc32)cc1.N#Cc1cc(C(N)=O)ccc1O. The monoisotopic (exact) mass is 438 g/mol. The van der Waals surface area contributed by atoms with Crippen molar-refractivity contribution in [3.8, 4) is 11.8 Å². The van der Waals surface area contributed by atoms with E-state index in [1.54, 1.807) is 6.07 Å². The van der Waals surface area contributed by atoms with Crippen LogP contribution < -0.4 is 5.73 Å². The lowest BCUT2D eigenvalue weighted by Gasteiger charge is -2.09. The summed E-state index contributed by atoms with van der Waals surface area (Å²) in [5, 5.41) is 26.0. The number of nitrogens with zero attached hydrogens (tertiary/aromatic N) is 2. The molecule has 166 valence electrons. The summed E-state index contributed by atoms with van der Waals surface area (Å²) in [6.45, 7) is 5.32. The van der Waals surface area contributed by atoms with Gasteiger partial charge < -0.3 is 20.8 Å². The van der Waals surface area contributed by atoms with E-state index in [0.29, 0.717) is 5.92 Å². The Bertz CT molecular complexity index is 1330. The van der Waals surface area contributed by atoms with Gasteiger partial charge in [-0.2, -0.15) is 5.26 Å². The number of hydrogen-bond donors (Lipinski definition) is 3. The summed E-state index contributed by atoms with van der Waals surface area (Å²) in [5.41, 5.74) is 10.1. The molecular weight excluding hydrogens is 412 g/mol. The first-order chi connectivity index (χ1) is 15.8. The van der Waals surface area contributed by atoms with Crippen LogP contribution in [-0.4, -0.2) is 21.8 Å². The summed E-state index contributed by atoms with van der Waals surface area (Å²) in [5.74, 6) is -0.194. The number of nitrogens with one attached hydrogen (secondary N) is 1. The number of benzene rings is 3. The van der Waals surface area contributed by atoms with Crippen LogP contribution in [0.25, 0.3) is 10.9 Å². The number of carbonyl (C=O) groups is 1. The number of primary amides is 1. The van der Waals surface area contributed by atoms with Crippen LogP contribution in [0.4, 0.5) is 0 Å². The van der Waals surface area contributed by atoms with Crippen molar-refractivity contribution in [2.75, 3.05) is 0 Å². The fourth-order valence-corrected chi connectivity index (χ4v) is 3.43. The van der Waals surface area contributed by atoms with E-state index in [1.807, 2.05) is 6.07 Å².